The molecule has 0 spiro atoms. The molecule has 0 bridgehead atoms. The Labute approximate surface area is 119 Å². The van der Waals surface area contributed by atoms with Gasteiger partial charge in [0.15, 0.2) is 5.78 Å². The molecular weight excluding hydrogens is 310 g/mol. The molecule has 0 saturated carbocycles. The second kappa shape index (κ2) is 5.67. The Morgan fingerprint density at radius 2 is 1.94 bits per heavy atom. The summed E-state index contributed by atoms with van der Waals surface area (Å²) in [5.41, 5.74) is 1.87. The van der Waals surface area contributed by atoms with E-state index < -0.39 is 0 Å². The van der Waals surface area contributed by atoms with Crippen LogP contribution in [0.1, 0.15) is 15.2 Å². The average molecular weight is 324 g/mol. The van der Waals surface area contributed by atoms with Crippen molar-refractivity contribution in [2.75, 3.05) is 19.0 Å². The molecule has 0 aliphatic rings. The van der Waals surface area contributed by atoms with Crippen LogP contribution < -0.4 is 4.90 Å². The molecule has 0 radical (unpaired) electrons. The zero-order chi connectivity index (χ0) is 13.1. The molecule has 18 heavy (non-hydrogen) atoms. The monoisotopic (exact) mass is 323 g/mol. The molecule has 1 aromatic carbocycles. The van der Waals surface area contributed by atoms with Crippen LogP contribution in [0.15, 0.2) is 40.2 Å². The van der Waals surface area contributed by atoms with Crippen LogP contribution in [0.4, 0.5) is 5.69 Å². The number of nitrogens with zero attached hydrogens (tertiary/aromatic N) is 1. The summed E-state index contributed by atoms with van der Waals surface area (Å²) in [7, 11) is 3.97. The lowest BCUT2D eigenvalue weighted by atomic mass is 10.1. The molecule has 0 aliphatic heterocycles. The molecule has 1 heterocycles. The van der Waals surface area contributed by atoms with E-state index in [4.69, 9.17) is 0 Å². The summed E-state index contributed by atoms with van der Waals surface area (Å²) >= 11 is 5.00. The van der Waals surface area contributed by atoms with E-state index in [1.807, 2.05) is 54.7 Å². The van der Waals surface area contributed by atoms with Gasteiger partial charge in [-0.2, -0.15) is 0 Å². The number of ketones is 1. The molecule has 0 amide bonds. The first-order valence-electron chi connectivity index (χ1n) is 5.60. The first kappa shape index (κ1) is 13.3. The van der Waals surface area contributed by atoms with Crippen LogP contribution in [-0.2, 0) is 6.42 Å². The van der Waals surface area contributed by atoms with E-state index in [2.05, 4.69) is 15.9 Å². The predicted molar refractivity (Wildman–Crippen MR) is 80.8 cm³/mol. The third-order valence-corrected chi connectivity index (χ3v) is 4.36. The normalized spacial score (nSPS) is 10.4. The Bertz CT molecular complexity index is 545. The smallest absolute Gasteiger partial charge is 0.168 e. The Morgan fingerprint density at radius 3 is 2.44 bits per heavy atom. The van der Waals surface area contributed by atoms with Crippen LogP contribution in [0, 0.1) is 0 Å². The Hall–Kier alpha value is -1.13. The number of benzene rings is 1. The maximum atomic E-state index is 12.1. The van der Waals surface area contributed by atoms with Gasteiger partial charge in [0, 0.05) is 46.5 Å². The van der Waals surface area contributed by atoms with Crippen LogP contribution in [0.5, 0.6) is 0 Å². The topological polar surface area (TPSA) is 20.3 Å². The van der Waals surface area contributed by atoms with Gasteiger partial charge >= 0.3 is 0 Å². The quantitative estimate of drug-likeness (QED) is 0.792. The van der Waals surface area contributed by atoms with Gasteiger partial charge in [0.25, 0.3) is 0 Å². The fourth-order valence-corrected chi connectivity index (χ4v) is 3.10. The van der Waals surface area contributed by atoms with Gasteiger partial charge in [0.2, 0.25) is 0 Å². The van der Waals surface area contributed by atoms with Crippen molar-refractivity contribution in [3.05, 3.63) is 50.6 Å². The summed E-state index contributed by atoms with van der Waals surface area (Å²) in [6, 6.07) is 9.71. The van der Waals surface area contributed by atoms with Crippen LogP contribution in [-0.4, -0.2) is 19.9 Å². The zero-order valence-electron chi connectivity index (χ0n) is 10.3. The van der Waals surface area contributed by atoms with Crippen molar-refractivity contribution in [2.45, 2.75) is 6.42 Å². The predicted octanol–water partition coefficient (Wildman–Crippen LogP) is 4.00. The number of halogens is 1. The van der Waals surface area contributed by atoms with E-state index in [0.717, 1.165) is 20.6 Å². The van der Waals surface area contributed by atoms with Gasteiger partial charge in [0.1, 0.15) is 0 Å². The minimum Gasteiger partial charge on any atom is -0.378 e. The molecule has 1 aromatic heterocycles. The van der Waals surface area contributed by atoms with Gasteiger partial charge in [-0.25, -0.2) is 0 Å². The van der Waals surface area contributed by atoms with E-state index in [-0.39, 0.29) is 5.78 Å². The van der Waals surface area contributed by atoms with Gasteiger partial charge in [-0.1, -0.05) is 0 Å². The Morgan fingerprint density at radius 1 is 1.28 bits per heavy atom. The van der Waals surface area contributed by atoms with Crippen molar-refractivity contribution in [1.82, 2.24) is 0 Å². The Balaban J connectivity index is 2.09. The molecule has 0 aliphatic carbocycles. The van der Waals surface area contributed by atoms with Crippen LogP contribution in [0.25, 0.3) is 0 Å². The summed E-state index contributed by atoms with van der Waals surface area (Å²) in [6.07, 6.45) is 0.470. The fourth-order valence-electron chi connectivity index (χ4n) is 1.65. The third kappa shape index (κ3) is 3.21. The Kier molecular flexibility index (Phi) is 4.19. The average Bonchev–Trinajstić information content (AvgIpc) is 2.75. The number of hydrogen-bond donors (Lipinski definition) is 0. The van der Waals surface area contributed by atoms with Crippen molar-refractivity contribution < 1.29 is 4.79 Å². The van der Waals surface area contributed by atoms with E-state index in [0.29, 0.717) is 6.42 Å². The summed E-state index contributed by atoms with van der Waals surface area (Å²) < 4.78 is 1.04. The summed E-state index contributed by atoms with van der Waals surface area (Å²) in [6.45, 7) is 0. The van der Waals surface area contributed by atoms with Crippen molar-refractivity contribution in [3.8, 4) is 0 Å². The molecule has 2 aromatic rings. The van der Waals surface area contributed by atoms with Gasteiger partial charge in [-0.3, -0.25) is 4.79 Å². The van der Waals surface area contributed by atoms with Crippen molar-refractivity contribution in [1.29, 1.82) is 0 Å². The molecule has 2 nitrogen and oxygen atoms in total. The molecule has 0 atom stereocenters. The lowest BCUT2D eigenvalue weighted by molar-refractivity contribution is 0.0994. The highest BCUT2D eigenvalue weighted by Gasteiger charge is 2.09. The number of anilines is 1. The molecule has 94 valence electrons. The number of carbonyl (C=O) groups excluding carboxylic acids is 1. The number of rotatable bonds is 4. The standard InChI is InChI=1S/C14H14BrNOS/c1-16(2)12-5-3-10(4-6-12)14(17)8-13-7-11(15)9-18-13/h3-7,9H,8H2,1-2H3. The molecular formula is C14H14BrNOS. The number of thiophene rings is 1. The summed E-state index contributed by atoms with van der Waals surface area (Å²) in [5, 5.41) is 2.00. The third-order valence-electron chi connectivity index (χ3n) is 2.66. The highest BCUT2D eigenvalue weighted by atomic mass is 79.9. The summed E-state index contributed by atoms with van der Waals surface area (Å²) in [4.78, 5) is 15.2. The largest absolute Gasteiger partial charge is 0.378 e. The first-order chi connectivity index (χ1) is 8.56. The number of carbonyl (C=O) groups is 1. The maximum Gasteiger partial charge on any atom is 0.168 e. The molecule has 0 N–H and O–H groups in total. The SMILES string of the molecule is CN(C)c1ccc(C(=O)Cc2cc(Br)cs2)cc1. The second-order valence-electron chi connectivity index (χ2n) is 4.27. The minimum absolute atomic E-state index is 0.162. The molecule has 2 rings (SSSR count). The van der Waals surface area contributed by atoms with E-state index in [9.17, 15) is 4.79 Å². The van der Waals surface area contributed by atoms with Crippen molar-refractivity contribution in [3.63, 3.8) is 0 Å². The second-order valence-corrected chi connectivity index (χ2v) is 6.18. The first-order valence-corrected chi connectivity index (χ1v) is 7.27. The van der Waals surface area contributed by atoms with Crippen molar-refractivity contribution >= 4 is 38.7 Å². The maximum absolute atomic E-state index is 12.1. The van der Waals surface area contributed by atoms with Gasteiger partial charge in [0.05, 0.1) is 0 Å². The van der Waals surface area contributed by atoms with E-state index in [1.54, 1.807) is 11.3 Å². The molecule has 0 fully saturated rings. The van der Waals surface area contributed by atoms with Gasteiger partial charge in [-0.15, -0.1) is 11.3 Å². The molecule has 4 heteroatoms. The fraction of sp³-hybridized carbons (Fsp3) is 0.214. The van der Waals surface area contributed by atoms with E-state index in [1.165, 1.54) is 0 Å². The zero-order valence-corrected chi connectivity index (χ0v) is 12.7. The molecule has 0 unspecified atom stereocenters. The number of Topliss-reactive ketones (excluding diaryl/α,β-unsaturated/α-hetero) is 1. The molecule has 0 saturated heterocycles. The van der Waals surface area contributed by atoms with Gasteiger partial charge in [-0.05, 0) is 46.3 Å². The van der Waals surface area contributed by atoms with E-state index >= 15 is 0 Å². The lowest BCUT2D eigenvalue weighted by Gasteiger charge is -2.12. The minimum atomic E-state index is 0.162. The highest BCUT2D eigenvalue weighted by molar-refractivity contribution is 9.10. The summed E-state index contributed by atoms with van der Waals surface area (Å²) in [5.74, 6) is 0.162. The lowest BCUT2D eigenvalue weighted by Crippen LogP contribution is -2.09. The number of hydrogen-bond acceptors (Lipinski definition) is 3. The van der Waals surface area contributed by atoms with Crippen LogP contribution in [0.3, 0.4) is 0 Å². The van der Waals surface area contributed by atoms with Crippen molar-refractivity contribution in [2.24, 2.45) is 0 Å². The van der Waals surface area contributed by atoms with Crippen LogP contribution in [0.2, 0.25) is 0 Å². The van der Waals surface area contributed by atoms with Crippen LogP contribution >= 0.6 is 27.3 Å². The highest BCUT2D eigenvalue weighted by Crippen LogP contribution is 2.21. The van der Waals surface area contributed by atoms with Gasteiger partial charge < -0.3 is 4.90 Å².